The van der Waals surface area contributed by atoms with E-state index in [1.165, 1.54) is 0 Å². The lowest BCUT2D eigenvalue weighted by Gasteiger charge is -2.26. The second-order valence-corrected chi connectivity index (χ2v) is 6.27. The van der Waals surface area contributed by atoms with Gasteiger partial charge in [-0.25, -0.2) is 21.9 Å². The fourth-order valence-electron chi connectivity index (χ4n) is 1.51. The van der Waals surface area contributed by atoms with Crippen molar-refractivity contribution in [3.05, 3.63) is 29.8 Å². The second-order valence-electron chi connectivity index (χ2n) is 4.50. The lowest BCUT2D eigenvalue weighted by atomic mass is 9.95. The van der Waals surface area contributed by atoms with Crippen LogP contribution < -0.4 is 10.5 Å². The van der Waals surface area contributed by atoms with Crippen LogP contribution in [0.4, 0.5) is 8.78 Å². The number of nitrogens with two attached hydrogens (primary N) is 1. The third-order valence-electron chi connectivity index (χ3n) is 3.17. The van der Waals surface area contributed by atoms with Crippen LogP contribution >= 0.6 is 12.4 Å². The van der Waals surface area contributed by atoms with Gasteiger partial charge in [-0.2, -0.15) is 0 Å². The van der Waals surface area contributed by atoms with E-state index in [-0.39, 0.29) is 19.0 Å². The Balaban J connectivity index is 0.00000361. The molecule has 0 aliphatic heterocycles. The average molecular weight is 329 g/mol. The summed E-state index contributed by atoms with van der Waals surface area (Å²) in [7, 11) is -3.97. The van der Waals surface area contributed by atoms with Crippen LogP contribution in [0.1, 0.15) is 26.7 Å². The zero-order valence-electron chi connectivity index (χ0n) is 11.3. The molecule has 0 atom stereocenters. The Morgan fingerprint density at radius 1 is 1.15 bits per heavy atom. The van der Waals surface area contributed by atoms with Gasteiger partial charge in [0, 0.05) is 18.2 Å². The predicted octanol–water partition coefficient (Wildman–Crippen LogP) is 2.18. The van der Waals surface area contributed by atoms with Crippen molar-refractivity contribution < 1.29 is 17.2 Å². The van der Waals surface area contributed by atoms with E-state index in [4.69, 9.17) is 5.73 Å². The van der Waals surface area contributed by atoms with Crippen molar-refractivity contribution in [1.29, 1.82) is 0 Å². The molecular formula is C12H19ClF2N2O2S. The average Bonchev–Trinajstić information content (AvgIpc) is 2.35. The zero-order chi connectivity index (χ0) is 14.7. The third-order valence-corrected chi connectivity index (χ3v) is 4.55. The van der Waals surface area contributed by atoms with Crippen LogP contribution in [0.5, 0.6) is 0 Å². The van der Waals surface area contributed by atoms with Crippen LogP contribution in [0.15, 0.2) is 23.1 Å². The second kappa shape index (κ2) is 7.31. The summed E-state index contributed by atoms with van der Waals surface area (Å²) in [5.74, 6) is -1.88. The van der Waals surface area contributed by atoms with Gasteiger partial charge < -0.3 is 5.73 Å². The lowest BCUT2D eigenvalue weighted by molar-refractivity contribution is 0.391. The maximum atomic E-state index is 13.0. The molecule has 3 N–H and O–H groups in total. The molecular weight excluding hydrogens is 310 g/mol. The Bertz CT molecular complexity index is 528. The summed E-state index contributed by atoms with van der Waals surface area (Å²) in [5.41, 5.74) is 5.30. The molecule has 1 aromatic rings. The molecule has 0 radical (unpaired) electrons. The van der Waals surface area contributed by atoms with Crippen LogP contribution in [0.2, 0.25) is 0 Å². The van der Waals surface area contributed by atoms with Crippen LogP contribution in [-0.4, -0.2) is 20.5 Å². The molecule has 0 spiro atoms. The Morgan fingerprint density at radius 3 is 2.00 bits per heavy atom. The van der Waals surface area contributed by atoms with Crippen molar-refractivity contribution in [2.75, 3.05) is 6.54 Å². The minimum atomic E-state index is -3.97. The molecule has 20 heavy (non-hydrogen) atoms. The maximum absolute atomic E-state index is 13.0. The molecule has 0 saturated heterocycles. The van der Waals surface area contributed by atoms with Gasteiger partial charge in [-0.1, -0.05) is 13.8 Å². The van der Waals surface area contributed by atoms with Gasteiger partial charge in [0.15, 0.2) is 0 Å². The first kappa shape index (κ1) is 19.2. The van der Waals surface area contributed by atoms with E-state index < -0.39 is 32.1 Å². The molecule has 0 amide bonds. The summed E-state index contributed by atoms with van der Waals surface area (Å²) >= 11 is 0. The molecule has 4 nitrogen and oxygen atoms in total. The number of sulfonamides is 1. The summed E-state index contributed by atoms with van der Waals surface area (Å²) in [4.78, 5) is -0.445. The molecule has 0 aliphatic rings. The quantitative estimate of drug-likeness (QED) is 0.840. The van der Waals surface area contributed by atoms with Crippen LogP contribution in [0.25, 0.3) is 0 Å². The SMILES string of the molecule is CCC(N)(CC)CNS(=O)(=O)c1cc(F)cc(F)c1.Cl. The van der Waals surface area contributed by atoms with Gasteiger partial charge in [0.1, 0.15) is 11.6 Å². The van der Waals surface area contributed by atoms with Crippen LogP contribution in [0.3, 0.4) is 0 Å². The van der Waals surface area contributed by atoms with Gasteiger partial charge in [0.25, 0.3) is 0 Å². The third kappa shape index (κ3) is 4.97. The number of hydrogen-bond acceptors (Lipinski definition) is 3. The van der Waals surface area contributed by atoms with Crippen molar-refractivity contribution in [2.45, 2.75) is 37.1 Å². The number of hydrogen-bond donors (Lipinski definition) is 2. The summed E-state index contributed by atoms with van der Waals surface area (Å²) in [6.07, 6.45) is 1.17. The van der Waals surface area contributed by atoms with E-state index in [1.807, 2.05) is 13.8 Å². The number of halogens is 3. The lowest BCUT2D eigenvalue weighted by Crippen LogP contribution is -2.49. The number of benzene rings is 1. The normalized spacial score (nSPS) is 12.1. The van der Waals surface area contributed by atoms with Gasteiger partial charge in [0.2, 0.25) is 10.0 Å². The van der Waals surface area contributed by atoms with Gasteiger partial charge in [-0.15, -0.1) is 12.4 Å². The van der Waals surface area contributed by atoms with E-state index in [2.05, 4.69) is 4.72 Å². The highest BCUT2D eigenvalue weighted by Gasteiger charge is 2.24. The van der Waals surface area contributed by atoms with Crippen LogP contribution in [0, 0.1) is 11.6 Å². The summed E-state index contributed by atoms with van der Waals surface area (Å²) in [6, 6.07) is 2.15. The van der Waals surface area contributed by atoms with Gasteiger partial charge in [-0.05, 0) is 25.0 Å². The largest absolute Gasteiger partial charge is 0.324 e. The van der Waals surface area contributed by atoms with Crippen molar-refractivity contribution in [3.63, 3.8) is 0 Å². The molecule has 0 fully saturated rings. The first-order valence-corrected chi connectivity index (χ1v) is 7.45. The first-order valence-electron chi connectivity index (χ1n) is 5.97. The van der Waals surface area contributed by atoms with E-state index >= 15 is 0 Å². The summed E-state index contributed by atoms with van der Waals surface area (Å²) < 4.78 is 52.1. The smallest absolute Gasteiger partial charge is 0.240 e. The zero-order valence-corrected chi connectivity index (χ0v) is 13.0. The van der Waals surface area contributed by atoms with Crippen molar-refractivity contribution in [1.82, 2.24) is 4.72 Å². The van der Waals surface area contributed by atoms with Gasteiger partial charge in [-0.3, -0.25) is 0 Å². The highest BCUT2D eigenvalue weighted by molar-refractivity contribution is 7.89. The molecule has 0 heterocycles. The van der Waals surface area contributed by atoms with Crippen molar-refractivity contribution in [3.8, 4) is 0 Å². The van der Waals surface area contributed by atoms with Gasteiger partial charge >= 0.3 is 0 Å². The monoisotopic (exact) mass is 328 g/mol. The van der Waals surface area contributed by atoms with E-state index in [1.54, 1.807) is 0 Å². The van der Waals surface area contributed by atoms with Crippen molar-refractivity contribution in [2.24, 2.45) is 5.73 Å². The van der Waals surface area contributed by atoms with E-state index in [9.17, 15) is 17.2 Å². The topological polar surface area (TPSA) is 72.2 Å². The molecule has 0 bridgehead atoms. The molecule has 1 aromatic carbocycles. The maximum Gasteiger partial charge on any atom is 0.240 e. The Hall–Kier alpha value is -0.760. The van der Waals surface area contributed by atoms with Crippen molar-refractivity contribution >= 4 is 22.4 Å². The number of nitrogens with one attached hydrogen (secondary N) is 1. The van der Waals surface area contributed by atoms with Gasteiger partial charge in [0.05, 0.1) is 4.90 Å². The highest BCUT2D eigenvalue weighted by Crippen LogP contribution is 2.15. The molecule has 8 heteroatoms. The Kier molecular flexibility index (Phi) is 7.03. The fraction of sp³-hybridized carbons (Fsp3) is 0.500. The number of rotatable bonds is 6. The van der Waals surface area contributed by atoms with E-state index in [0.717, 1.165) is 12.1 Å². The highest BCUT2D eigenvalue weighted by atomic mass is 35.5. The summed E-state index contributed by atoms with van der Waals surface area (Å²) in [6.45, 7) is 3.71. The first-order chi connectivity index (χ1) is 8.72. The Labute approximate surface area is 124 Å². The summed E-state index contributed by atoms with van der Waals surface area (Å²) in [5, 5.41) is 0. The standard InChI is InChI=1S/C12H18F2N2O2S.ClH/c1-3-12(15,4-2)8-16-19(17,18)11-6-9(13)5-10(14)7-11;/h5-7,16H,3-4,8,15H2,1-2H3;1H. The molecule has 0 aromatic heterocycles. The molecule has 116 valence electrons. The predicted molar refractivity (Wildman–Crippen MR) is 76.3 cm³/mol. The molecule has 1 rings (SSSR count). The minimum Gasteiger partial charge on any atom is -0.324 e. The Morgan fingerprint density at radius 2 is 1.60 bits per heavy atom. The van der Waals surface area contributed by atoms with E-state index in [0.29, 0.717) is 18.9 Å². The minimum absolute atomic E-state index is 0. The fourth-order valence-corrected chi connectivity index (χ4v) is 2.69. The molecule has 0 aliphatic carbocycles. The molecule has 0 unspecified atom stereocenters. The van der Waals surface area contributed by atoms with Crippen LogP contribution in [-0.2, 0) is 10.0 Å². The molecule has 0 saturated carbocycles.